The molecule has 1 aliphatic rings. The van der Waals surface area contributed by atoms with Crippen LogP contribution < -0.4 is 0 Å². The van der Waals surface area contributed by atoms with Crippen molar-refractivity contribution < 1.29 is 14.6 Å². The molecule has 0 saturated carbocycles. The fourth-order valence-corrected chi connectivity index (χ4v) is 3.05. The summed E-state index contributed by atoms with van der Waals surface area (Å²) in [6, 6.07) is 10.2. The van der Waals surface area contributed by atoms with Crippen LogP contribution in [-0.2, 0) is 16.1 Å². The number of rotatable bonds is 5. The van der Waals surface area contributed by atoms with Crippen LogP contribution in [-0.4, -0.2) is 40.3 Å². The highest BCUT2D eigenvalue weighted by Gasteiger charge is 2.39. The first-order valence-electron chi connectivity index (χ1n) is 8.04. The van der Waals surface area contributed by atoms with Gasteiger partial charge in [0.1, 0.15) is 11.6 Å². The second-order valence-electron chi connectivity index (χ2n) is 6.95. The quantitative estimate of drug-likeness (QED) is 0.850. The average molecular weight is 305 g/mol. The van der Waals surface area contributed by atoms with Crippen LogP contribution in [0.2, 0.25) is 0 Å². The zero-order valence-electron chi connectivity index (χ0n) is 13.8. The van der Waals surface area contributed by atoms with Crippen LogP contribution >= 0.6 is 0 Å². The number of hydrogen-bond acceptors (Lipinski definition) is 4. The van der Waals surface area contributed by atoms with Crippen LogP contribution in [0.25, 0.3) is 0 Å². The third-order valence-corrected chi connectivity index (χ3v) is 3.99. The maximum atomic E-state index is 12.5. The zero-order chi connectivity index (χ0) is 16.2. The Morgan fingerprint density at radius 1 is 1.27 bits per heavy atom. The molecular weight excluding hydrogens is 278 g/mol. The van der Waals surface area contributed by atoms with Crippen molar-refractivity contribution in [2.75, 3.05) is 6.61 Å². The van der Waals surface area contributed by atoms with Crippen molar-refractivity contribution >= 4 is 5.97 Å². The Hall–Kier alpha value is -1.39. The second kappa shape index (κ2) is 7.25. The van der Waals surface area contributed by atoms with Crippen LogP contribution in [0.15, 0.2) is 30.3 Å². The number of benzene rings is 1. The molecule has 4 nitrogen and oxygen atoms in total. The molecule has 1 aliphatic heterocycles. The number of ether oxygens (including phenoxy) is 1. The number of carbonyl (C=O) groups is 1. The average Bonchev–Trinajstić information content (AvgIpc) is 2.82. The molecule has 2 rings (SSSR count). The van der Waals surface area contributed by atoms with Gasteiger partial charge >= 0.3 is 5.97 Å². The van der Waals surface area contributed by atoms with E-state index in [1.807, 2.05) is 39.0 Å². The van der Waals surface area contributed by atoms with Gasteiger partial charge in [0.05, 0.1) is 0 Å². The molecule has 1 saturated heterocycles. The minimum absolute atomic E-state index is 0.149. The third kappa shape index (κ3) is 4.55. The van der Waals surface area contributed by atoms with Crippen molar-refractivity contribution in [2.24, 2.45) is 0 Å². The van der Waals surface area contributed by atoms with Gasteiger partial charge in [-0.25, -0.2) is 0 Å². The molecule has 0 unspecified atom stereocenters. The minimum Gasteiger partial charge on any atom is -0.459 e. The molecule has 0 amide bonds. The summed E-state index contributed by atoms with van der Waals surface area (Å²) in [5.41, 5.74) is 0.714. The summed E-state index contributed by atoms with van der Waals surface area (Å²) in [4.78, 5) is 14.7. The van der Waals surface area contributed by atoms with Gasteiger partial charge in [-0.15, -0.1) is 0 Å². The Morgan fingerprint density at radius 2 is 1.95 bits per heavy atom. The summed E-state index contributed by atoms with van der Waals surface area (Å²) < 4.78 is 5.57. The predicted octanol–water partition coefficient (Wildman–Crippen LogP) is 2.74. The number of likely N-dealkylation sites (tertiary alicyclic amines) is 1. The highest BCUT2D eigenvalue weighted by Crippen LogP contribution is 2.30. The van der Waals surface area contributed by atoms with Crippen molar-refractivity contribution in [3.63, 3.8) is 0 Å². The van der Waals surface area contributed by atoms with Crippen LogP contribution in [0, 0.1) is 0 Å². The van der Waals surface area contributed by atoms with Crippen molar-refractivity contribution in [3.05, 3.63) is 35.9 Å². The van der Waals surface area contributed by atoms with Crippen LogP contribution in [0.4, 0.5) is 0 Å². The molecule has 4 heteroatoms. The summed E-state index contributed by atoms with van der Waals surface area (Å²) in [7, 11) is 0. The normalized spacial score (nSPS) is 22.7. The van der Waals surface area contributed by atoms with E-state index < -0.39 is 5.60 Å². The second-order valence-corrected chi connectivity index (χ2v) is 6.95. The zero-order valence-corrected chi connectivity index (χ0v) is 13.8. The lowest BCUT2D eigenvalue weighted by Crippen LogP contribution is -2.43. The van der Waals surface area contributed by atoms with E-state index in [-0.39, 0.29) is 24.7 Å². The van der Waals surface area contributed by atoms with Gasteiger partial charge in [0.2, 0.25) is 0 Å². The SMILES string of the molecule is CC(C)(C)OC(=O)[C@@H]1CC[C@H](CCO)N1Cc1ccccc1. The number of carbonyl (C=O) groups excluding carboxylic acids is 1. The first kappa shape index (κ1) is 17.0. The fraction of sp³-hybridized carbons (Fsp3) is 0.611. The molecule has 1 heterocycles. The molecule has 1 aromatic carbocycles. The summed E-state index contributed by atoms with van der Waals surface area (Å²) in [6.45, 7) is 6.55. The highest BCUT2D eigenvalue weighted by atomic mass is 16.6. The van der Waals surface area contributed by atoms with Gasteiger partial charge in [-0.2, -0.15) is 0 Å². The Balaban J connectivity index is 2.12. The molecular formula is C18H27NO3. The van der Waals surface area contributed by atoms with Crippen molar-refractivity contribution in [3.8, 4) is 0 Å². The molecule has 122 valence electrons. The molecule has 22 heavy (non-hydrogen) atoms. The summed E-state index contributed by atoms with van der Waals surface area (Å²) in [5.74, 6) is -0.149. The summed E-state index contributed by atoms with van der Waals surface area (Å²) in [5, 5.41) is 9.28. The Labute approximate surface area is 133 Å². The highest BCUT2D eigenvalue weighted by molar-refractivity contribution is 5.76. The van der Waals surface area contributed by atoms with E-state index in [0.717, 1.165) is 19.4 Å². The van der Waals surface area contributed by atoms with Crippen molar-refractivity contribution in [1.29, 1.82) is 0 Å². The lowest BCUT2D eigenvalue weighted by Gasteiger charge is -2.31. The first-order chi connectivity index (χ1) is 10.4. The van der Waals surface area contributed by atoms with Crippen LogP contribution in [0.1, 0.15) is 45.6 Å². The standard InChI is InChI=1S/C18H27NO3/c1-18(2,3)22-17(21)16-10-9-15(11-12-20)19(16)13-14-7-5-4-6-8-14/h4-8,15-16,20H,9-13H2,1-3H3/t15-,16+/m1/s1. The Kier molecular flexibility index (Phi) is 5.59. The third-order valence-electron chi connectivity index (χ3n) is 3.99. The van der Waals surface area contributed by atoms with Crippen LogP contribution in [0.3, 0.4) is 0 Å². The molecule has 2 atom stereocenters. The predicted molar refractivity (Wildman–Crippen MR) is 86.3 cm³/mol. The molecule has 0 spiro atoms. The number of hydrogen-bond donors (Lipinski definition) is 1. The first-order valence-corrected chi connectivity index (χ1v) is 8.04. The van der Waals surface area contributed by atoms with E-state index in [4.69, 9.17) is 4.74 Å². The van der Waals surface area contributed by atoms with Crippen molar-refractivity contribution in [2.45, 2.75) is 64.3 Å². The van der Waals surface area contributed by atoms with Gasteiger partial charge in [-0.05, 0) is 45.6 Å². The topological polar surface area (TPSA) is 49.8 Å². The van der Waals surface area contributed by atoms with Gasteiger partial charge < -0.3 is 9.84 Å². The molecule has 1 fully saturated rings. The number of aliphatic hydroxyl groups is 1. The smallest absolute Gasteiger partial charge is 0.323 e. The maximum Gasteiger partial charge on any atom is 0.323 e. The largest absolute Gasteiger partial charge is 0.459 e. The Morgan fingerprint density at radius 3 is 2.55 bits per heavy atom. The molecule has 1 N–H and O–H groups in total. The molecule has 0 radical (unpaired) electrons. The monoisotopic (exact) mass is 305 g/mol. The van der Waals surface area contributed by atoms with Crippen molar-refractivity contribution in [1.82, 2.24) is 4.90 Å². The molecule has 1 aromatic rings. The number of aliphatic hydroxyl groups excluding tert-OH is 1. The maximum absolute atomic E-state index is 12.5. The van der Waals surface area contributed by atoms with Gasteiger partial charge in [0.25, 0.3) is 0 Å². The van der Waals surface area contributed by atoms with Gasteiger partial charge in [0.15, 0.2) is 0 Å². The van der Waals surface area contributed by atoms with Crippen LogP contribution in [0.5, 0.6) is 0 Å². The molecule has 0 bridgehead atoms. The van der Waals surface area contributed by atoms with E-state index in [1.165, 1.54) is 5.56 Å². The van der Waals surface area contributed by atoms with Gasteiger partial charge in [-0.1, -0.05) is 30.3 Å². The molecule has 0 aliphatic carbocycles. The van der Waals surface area contributed by atoms with Gasteiger partial charge in [-0.3, -0.25) is 9.69 Å². The van der Waals surface area contributed by atoms with E-state index in [2.05, 4.69) is 17.0 Å². The van der Waals surface area contributed by atoms with E-state index in [0.29, 0.717) is 6.42 Å². The molecule has 0 aromatic heterocycles. The fourth-order valence-electron chi connectivity index (χ4n) is 3.05. The number of nitrogens with zero attached hydrogens (tertiary/aromatic N) is 1. The Bertz CT molecular complexity index is 481. The lowest BCUT2D eigenvalue weighted by molar-refractivity contribution is -0.161. The minimum atomic E-state index is -0.468. The number of esters is 1. The van der Waals surface area contributed by atoms with E-state index >= 15 is 0 Å². The lowest BCUT2D eigenvalue weighted by atomic mass is 10.1. The summed E-state index contributed by atoms with van der Waals surface area (Å²) >= 11 is 0. The summed E-state index contributed by atoms with van der Waals surface area (Å²) in [6.07, 6.45) is 2.43. The van der Waals surface area contributed by atoms with Gasteiger partial charge in [0, 0.05) is 19.2 Å². The van der Waals surface area contributed by atoms with E-state index in [1.54, 1.807) is 0 Å². The van der Waals surface area contributed by atoms with E-state index in [9.17, 15) is 9.90 Å².